The van der Waals surface area contributed by atoms with Crippen LogP contribution in [0, 0.1) is 5.92 Å². The van der Waals surface area contributed by atoms with Gasteiger partial charge in [0.1, 0.15) is 0 Å². The van der Waals surface area contributed by atoms with Crippen molar-refractivity contribution >= 4 is 10.8 Å². The van der Waals surface area contributed by atoms with Crippen molar-refractivity contribution < 1.29 is 4.21 Å². The topological polar surface area (TPSA) is 29.1 Å². The van der Waals surface area contributed by atoms with E-state index >= 15 is 0 Å². The highest BCUT2D eigenvalue weighted by Crippen LogP contribution is 2.03. The first-order chi connectivity index (χ1) is 6.56. The second-order valence-corrected chi connectivity index (χ2v) is 5.82. The monoisotopic (exact) mass is 219 g/mol. The van der Waals surface area contributed by atoms with Crippen molar-refractivity contribution in [2.75, 3.05) is 18.6 Å². The standard InChI is InChI=1S/C11H25NOS/c1-5-6-10(2)9-12-11(3)7-8-14(4)13/h10-12H,5-9H2,1-4H3. The molecule has 0 aliphatic rings. The molecule has 0 aliphatic heterocycles. The molecular formula is C11H25NOS. The number of hydrogen-bond acceptors (Lipinski definition) is 2. The summed E-state index contributed by atoms with van der Waals surface area (Å²) in [7, 11) is -0.644. The van der Waals surface area contributed by atoms with Crippen molar-refractivity contribution in [1.29, 1.82) is 0 Å². The summed E-state index contributed by atoms with van der Waals surface area (Å²) in [6.07, 6.45) is 5.34. The van der Waals surface area contributed by atoms with Gasteiger partial charge < -0.3 is 5.32 Å². The fraction of sp³-hybridized carbons (Fsp3) is 1.00. The fourth-order valence-corrected chi connectivity index (χ4v) is 2.13. The summed E-state index contributed by atoms with van der Waals surface area (Å²) in [5, 5.41) is 3.49. The zero-order chi connectivity index (χ0) is 11.0. The molecule has 0 saturated carbocycles. The van der Waals surface area contributed by atoms with Crippen LogP contribution in [0.5, 0.6) is 0 Å². The van der Waals surface area contributed by atoms with Gasteiger partial charge in [0.05, 0.1) is 0 Å². The third kappa shape index (κ3) is 8.70. The smallest absolute Gasteiger partial charge is 0.0246 e. The average molecular weight is 219 g/mol. The molecule has 0 heterocycles. The molecule has 0 aliphatic carbocycles. The van der Waals surface area contributed by atoms with Crippen LogP contribution in [0.2, 0.25) is 0 Å². The molecule has 3 heteroatoms. The Bertz CT molecular complexity index is 161. The molecule has 0 fully saturated rings. The lowest BCUT2D eigenvalue weighted by atomic mass is 10.1. The van der Waals surface area contributed by atoms with Gasteiger partial charge in [0, 0.05) is 28.9 Å². The number of rotatable bonds is 8. The van der Waals surface area contributed by atoms with Gasteiger partial charge >= 0.3 is 0 Å². The van der Waals surface area contributed by atoms with Crippen LogP contribution >= 0.6 is 0 Å². The Kier molecular flexibility index (Phi) is 8.49. The minimum absolute atomic E-state index is 0.498. The van der Waals surface area contributed by atoms with Crippen molar-refractivity contribution in [3.63, 3.8) is 0 Å². The highest BCUT2D eigenvalue weighted by atomic mass is 32.2. The van der Waals surface area contributed by atoms with E-state index in [0.29, 0.717) is 6.04 Å². The molecule has 0 saturated heterocycles. The Morgan fingerprint density at radius 1 is 1.29 bits per heavy atom. The Labute approximate surface area is 91.3 Å². The summed E-state index contributed by atoms with van der Waals surface area (Å²) in [6.45, 7) is 7.76. The Hall–Kier alpha value is 0.110. The van der Waals surface area contributed by atoms with E-state index in [2.05, 4.69) is 26.1 Å². The highest BCUT2D eigenvalue weighted by Gasteiger charge is 2.05. The summed E-state index contributed by atoms with van der Waals surface area (Å²) in [4.78, 5) is 0. The third-order valence-electron chi connectivity index (χ3n) is 2.43. The first-order valence-electron chi connectivity index (χ1n) is 5.59. The largest absolute Gasteiger partial charge is 0.314 e. The molecule has 14 heavy (non-hydrogen) atoms. The Morgan fingerprint density at radius 2 is 1.93 bits per heavy atom. The predicted molar refractivity (Wildman–Crippen MR) is 65.1 cm³/mol. The van der Waals surface area contributed by atoms with E-state index in [9.17, 15) is 4.21 Å². The number of hydrogen-bond donors (Lipinski definition) is 1. The summed E-state index contributed by atoms with van der Waals surface area (Å²) in [5.41, 5.74) is 0. The summed E-state index contributed by atoms with van der Waals surface area (Å²) < 4.78 is 10.9. The molecule has 0 aromatic rings. The van der Waals surface area contributed by atoms with Crippen LogP contribution in [0.1, 0.15) is 40.0 Å². The van der Waals surface area contributed by atoms with Gasteiger partial charge in [-0.05, 0) is 32.2 Å². The van der Waals surface area contributed by atoms with Crippen molar-refractivity contribution in [2.45, 2.75) is 46.1 Å². The van der Waals surface area contributed by atoms with E-state index in [-0.39, 0.29) is 0 Å². The quantitative estimate of drug-likeness (QED) is 0.678. The van der Waals surface area contributed by atoms with Crippen LogP contribution in [-0.4, -0.2) is 28.8 Å². The van der Waals surface area contributed by atoms with Gasteiger partial charge in [0.2, 0.25) is 0 Å². The van der Waals surface area contributed by atoms with Gasteiger partial charge in [0.15, 0.2) is 0 Å². The molecule has 0 radical (unpaired) electrons. The second kappa shape index (κ2) is 8.42. The van der Waals surface area contributed by atoms with Gasteiger partial charge in [-0.1, -0.05) is 20.3 Å². The average Bonchev–Trinajstić information content (AvgIpc) is 2.12. The fourth-order valence-electron chi connectivity index (χ4n) is 1.44. The van der Waals surface area contributed by atoms with Crippen LogP contribution in [0.3, 0.4) is 0 Å². The van der Waals surface area contributed by atoms with Gasteiger partial charge in [-0.25, -0.2) is 0 Å². The first-order valence-corrected chi connectivity index (χ1v) is 7.32. The third-order valence-corrected chi connectivity index (χ3v) is 3.25. The maximum absolute atomic E-state index is 10.9. The zero-order valence-electron chi connectivity index (χ0n) is 10.0. The van der Waals surface area contributed by atoms with Crippen molar-refractivity contribution in [3.8, 4) is 0 Å². The Balaban J connectivity index is 3.42. The lowest BCUT2D eigenvalue weighted by molar-refractivity contribution is 0.433. The Morgan fingerprint density at radius 3 is 2.43 bits per heavy atom. The van der Waals surface area contributed by atoms with Crippen molar-refractivity contribution in [2.24, 2.45) is 5.92 Å². The van der Waals surface area contributed by atoms with Crippen LogP contribution < -0.4 is 5.32 Å². The van der Waals surface area contributed by atoms with Crippen LogP contribution in [0.25, 0.3) is 0 Å². The van der Waals surface area contributed by atoms with E-state index in [1.165, 1.54) is 12.8 Å². The second-order valence-electron chi connectivity index (χ2n) is 4.27. The summed E-state index contributed by atoms with van der Waals surface area (Å²) in [6, 6.07) is 0.498. The van der Waals surface area contributed by atoms with E-state index < -0.39 is 10.8 Å². The molecule has 1 N–H and O–H groups in total. The van der Waals surface area contributed by atoms with Crippen LogP contribution in [-0.2, 0) is 10.8 Å². The molecule has 3 unspecified atom stereocenters. The van der Waals surface area contributed by atoms with E-state index in [1.54, 1.807) is 6.26 Å². The molecule has 2 nitrogen and oxygen atoms in total. The first kappa shape index (κ1) is 14.1. The molecule has 0 aromatic carbocycles. The van der Waals surface area contributed by atoms with Gasteiger partial charge in [-0.15, -0.1) is 0 Å². The normalized spacial score (nSPS) is 17.7. The summed E-state index contributed by atoms with van der Waals surface area (Å²) >= 11 is 0. The molecule has 86 valence electrons. The lowest BCUT2D eigenvalue weighted by Gasteiger charge is -2.16. The molecule has 3 atom stereocenters. The van der Waals surface area contributed by atoms with E-state index in [1.807, 2.05) is 0 Å². The van der Waals surface area contributed by atoms with Crippen LogP contribution in [0.15, 0.2) is 0 Å². The highest BCUT2D eigenvalue weighted by molar-refractivity contribution is 7.84. The maximum Gasteiger partial charge on any atom is 0.0246 e. The molecular weight excluding hydrogens is 194 g/mol. The van der Waals surface area contributed by atoms with Crippen molar-refractivity contribution in [1.82, 2.24) is 5.32 Å². The SMILES string of the molecule is CCCC(C)CNC(C)CCS(C)=O. The predicted octanol–water partition coefficient (Wildman–Crippen LogP) is 2.17. The maximum atomic E-state index is 10.9. The molecule has 0 aromatic heterocycles. The van der Waals surface area contributed by atoms with E-state index in [4.69, 9.17) is 0 Å². The molecule has 0 bridgehead atoms. The van der Waals surface area contributed by atoms with Crippen molar-refractivity contribution in [3.05, 3.63) is 0 Å². The van der Waals surface area contributed by atoms with Gasteiger partial charge in [-0.2, -0.15) is 0 Å². The summed E-state index contributed by atoms with van der Waals surface area (Å²) in [5.74, 6) is 1.57. The minimum Gasteiger partial charge on any atom is -0.314 e. The number of nitrogens with one attached hydrogen (secondary N) is 1. The van der Waals surface area contributed by atoms with Gasteiger partial charge in [0.25, 0.3) is 0 Å². The van der Waals surface area contributed by atoms with E-state index in [0.717, 1.165) is 24.6 Å². The lowest BCUT2D eigenvalue weighted by Crippen LogP contribution is -2.31. The van der Waals surface area contributed by atoms with Crippen LogP contribution in [0.4, 0.5) is 0 Å². The molecule has 0 rings (SSSR count). The van der Waals surface area contributed by atoms with Gasteiger partial charge in [-0.3, -0.25) is 4.21 Å². The minimum atomic E-state index is -0.644. The molecule has 0 spiro atoms. The molecule has 0 amide bonds. The zero-order valence-corrected chi connectivity index (χ0v) is 10.8.